The Balaban J connectivity index is 1.82. The maximum atomic E-state index is 13.1. The molecule has 0 radical (unpaired) electrons. The fourth-order valence-electron chi connectivity index (χ4n) is 3.73. The lowest BCUT2D eigenvalue weighted by atomic mass is 10.00. The summed E-state index contributed by atoms with van der Waals surface area (Å²) >= 11 is 0. The second kappa shape index (κ2) is 7.85. The Kier molecular flexibility index (Phi) is 5.79. The lowest BCUT2D eigenvalue weighted by molar-refractivity contribution is -0.137. The summed E-state index contributed by atoms with van der Waals surface area (Å²) in [6.45, 7) is 6.50. The number of nitrogens with zero attached hydrogens (tertiary/aromatic N) is 2. The van der Waals surface area contributed by atoms with Crippen molar-refractivity contribution in [2.75, 3.05) is 45.8 Å². The highest BCUT2D eigenvalue weighted by atomic mass is 19.4. The van der Waals surface area contributed by atoms with Gasteiger partial charge in [0, 0.05) is 38.8 Å². The van der Waals surface area contributed by atoms with E-state index in [-0.39, 0.29) is 6.04 Å². The molecule has 0 amide bonds. The summed E-state index contributed by atoms with van der Waals surface area (Å²) in [5, 5.41) is 3.33. The van der Waals surface area contributed by atoms with E-state index in [1.807, 2.05) is 6.07 Å². The molecular formula is C18H26F3N3. The van der Waals surface area contributed by atoms with E-state index in [0.29, 0.717) is 0 Å². The molecule has 1 atom stereocenters. The van der Waals surface area contributed by atoms with Gasteiger partial charge in [-0.1, -0.05) is 18.6 Å². The van der Waals surface area contributed by atoms with Gasteiger partial charge in [0.1, 0.15) is 0 Å². The lowest BCUT2D eigenvalue weighted by Gasteiger charge is -2.39. The van der Waals surface area contributed by atoms with Gasteiger partial charge >= 0.3 is 6.18 Å². The molecule has 0 bridgehead atoms. The Hall–Kier alpha value is -1.11. The SMILES string of the molecule is FC(F)(F)c1cccc(C(CN2CCCCC2)N2CCNCC2)c1. The Labute approximate surface area is 141 Å². The van der Waals surface area contributed by atoms with Crippen LogP contribution in [0.3, 0.4) is 0 Å². The van der Waals surface area contributed by atoms with Crippen LogP contribution in [0.1, 0.15) is 36.4 Å². The lowest BCUT2D eigenvalue weighted by Crippen LogP contribution is -2.48. The smallest absolute Gasteiger partial charge is 0.314 e. The number of hydrogen-bond acceptors (Lipinski definition) is 3. The molecule has 2 aliphatic heterocycles. The summed E-state index contributed by atoms with van der Waals surface area (Å²) in [4.78, 5) is 4.75. The first kappa shape index (κ1) is 17.7. The Morgan fingerprint density at radius 2 is 1.71 bits per heavy atom. The summed E-state index contributed by atoms with van der Waals surface area (Å²) in [5.41, 5.74) is 0.246. The van der Waals surface area contributed by atoms with E-state index >= 15 is 0 Å². The molecule has 0 saturated carbocycles. The van der Waals surface area contributed by atoms with E-state index in [9.17, 15) is 13.2 Å². The standard InChI is InChI=1S/C18H26F3N3/c19-18(20,21)16-6-4-5-15(13-16)17(24-11-7-22-8-12-24)14-23-9-2-1-3-10-23/h4-6,13,17,22H,1-3,7-12,14H2. The monoisotopic (exact) mass is 341 g/mol. The van der Waals surface area contributed by atoms with Crippen LogP contribution >= 0.6 is 0 Å². The zero-order valence-electron chi connectivity index (χ0n) is 14.0. The topological polar surface area (TPSA) is 18.5 Å². The summed E-state index contributed by atoms with van der Waals surface area (Å²) in [7, 11) is 0. The fraction of sp³-hybridized carbons (Fsp3) is 0.667. The number of piperazine rings is 1. The number of rotatable bonds is 4. The second-order valence-electron chi connectivity index (χ2n) is 6.79. The van der Waals surface area contributed by atoms with Gasteiger partial charge in [-0.15, -0.1) is 0 Å². The Morgan fingerprint density at radius 3 is 2.38 bits per heavy atom. The normalized spacial score (nSPS) is 22.5. The number of likely N-dealkylation sites (tertiary alicyclic amines) is 1. The summed E-state index contributed by atoms with van der Waals surface area (Å²) in [5.74, 6) is 0. The first-order chi connectivity index (χ1) is 11.5. The van der Waals surface area contributed by atoms with Crippen LogP contribution in [0.5, 0.6) is 0 Å². The van der Waals surface area contributed by atoms with Crippen molar-refractivity contribution in [1.29, 1.82) is 0 Å². The molecule has 2 fully saturated rings. The van der Waals surface area contributed by atoms with Gasteiger partial charge in [0.2, 0.25) is 0 Å². The molecule has 134 valence electrons. The predicted octanol–water partition coefficient (Wildman–Crippen LogP) is 3.14. The average molecular weight is 341 g/mol. The first-order valence-corrected chi connectivity index (χ1v) is 8.88. The third-order valence-electron chi connectivity index (χ3n) is 5.07. The van der Waals surface area contributed by atoms with Gasteiger partial charge in [0.15, 0.2) is 0 Å². The molecule has 6 heteroatoms. The quantitative estimate of drug-likeness (QED) is 0.908. The van der Waals surface area contributed by atoms with Crippen LogP contribution in [-0.4, -0.2) is 55.6 Å². The zero-order chi connectivity index (χ0) is 17.0. The number of piperidine rings is 1. The minimum atomic E-state index is -4.28. The number of benzene rings is 1. The third kappa shape index (κ3) is 4.49. The van der Waals surface area contributed by atoms with Gasteiger partial charge in [-0.25, -0.2) is 0 Å². The van der Waals surface area contributed by atoms with Gasteiger partial charge in [0.25, 0.3) is 0 Å². The van der Waals surface area contributed by atoms with E-state index in [1.165, 1.54) is 31.4 Å². The minimum absolute atomic E-state index is 0.0347. The number of halogens is 3. The van der Waals surface area contributed by atoms with Crippen molar-refractivity contribution in [3.63, 3.8) is 0 Å². The highest BCUT2D eigenvalue weighted by Gasteiger charge is 2.32. The highest BCUT2D eigenvalue weighted by molar-refractivity contribution is 5.28. The van der Waals surface area contributed by atoms with Gasteiger partial charge in [-0.3, -0.25) is 4.90 Å². The van der Waals surface area contributed by atoms with Crippen molar-refractivity contribution in [2.45, 2.75) is 31.5 Å². The van der Waals surface area contributed by atoms with Crippen LogP contribution in [0.4, 0.5) is 13.2 Å². The Bertz CT molecular complexity index is 520. The summed E-state index contributed by atoms with van der Waals surface area (Å²) in [6.07, 6.45) is -0.638. The van der Waals surface area contributed by atoms with Crippen molar-refractivity contribution in [1.82, 2.24) is 15.1 Å². The molecule has 2 saturated heterocycles. The second-order valence-corrected chi connectivity index (χ2v) is 6.79. The molecule has 2 heterocycles. The minimum Gasteiger partial charge on any atom is -0.314 e. The van der Waals surface area contributed by atoms with Gasteiger partial charge in [0.05, 0.1) is 5.56 Å². The van der Waals surface area contributed by atoms with Crippen molar-refractivity contribution >= 4 is 0 Å². The highest BCUT2D eigenvalue weighted by Crippen LogP contribution is 2.32. The molecule has 1 unspecified atom stereocenters. The first-order valence-electron chi connectivity index (χ1n) is 8.88. The van der Waals surface area contributed by atoms with E-state index in [2.05, 4.69) is 15.1 Å². The third-order valence-corrected chi connectivity index (χ3v) is 5.07. The summed E-state index contributed by atoms with van der Waals surface area (Å²) in [6, 6.07) is 5.94. The van der Waals surface area contributed by atoms with Crippen molar-refractivity contribution in [3.05, 3.63) is 35.4 Å². The molecule has 1 N–H and O–H groups in total. The average Bonchev–Trinajstić information content (AvgIpc) is 2.61. The molecule has 3 nitrogen and oxygen atoms in total. The van der Waals surface area contributed by atoms with Crippen molar-refractivity contribution in [3.8, 4) is 0 Å². The van der Waals surface area contributed by atoms with E-state index < -0.39 is 11.7 Å². The van der Waals surface area contributed by atoms with Gasteiger partial charge in [-0.05, 0) is 43.6 Å². The maximum absolute atomic E-state index is 13.1. The van der Waals surface area contributed by atoms with Crippen LogP contribution < -0.4 is 5.32 Å². The van der Waals surface area contributed by atoms with Crippen LogP contribution in [0.25, 0.3) is 0 Å². The predicted molar refractivity (Wildman–Crippen MR) is 88.9 cm³/mol. The van der Waals surface area contributed by atoms with Crippen molar-refractivity contribution < 1.29 is 13.2 Å². The van der Waals surface area contributed by atoms with Crippen LogP contribution in [-0.2, 0) is 6.18 Å². The molecule has 1 aromatic rings. The summed E-state index contributed by atoms with van der Waals surface area (Å²) < 4.78 is 39.3. The van der Waals surface area contributed by atoms with Crippen molar-refractivity contribution in [2.24, 2.45) is 0 Å². The largest absolute Gasteiger partial charge is 0.416 e. The molecule has 0 spiro atoms. The Morgan fingerprint density at radius 1 is 1.00 bits per heavy atom. The van der Waals surface area contributed by atoms with Crippen LogP contribution in [0.2, 0.25) is 0 Å². The van der Waals surface area contributed by atoms with Crippen LogP contribution in [0.15, 0.2) is 24.3 Å². The van der Waals surface area contributed by atoms with E-state index in [4.69, 9.17) is 0 Å². The number of hydrogen-bond donors (Lipinski definition) is 1. The van der Waals surface area contributed by atoms with Gasteiger partial charge in [-0.2, -0.15) is 13.2 Å². The molecule has 0 aromatic heterocycles. The number of alkyl halides is 3. The molecule has 2 aliphatic rings. The molecular weight excluding hydrogens is 315 g/mol. The maximum Gasteiger partial charge on any atom is 0.416 e. The molecule has 1 aromatic carbocycles. The molecule has 24 heavy (non-hydrogen) atoms. The number of nitrogens with one attached hydrogen (secondary N) is 1. The van der Waals surface area contributed by atoms with E-state index in [1.54, 1.807) is 6.07 Å². The van der Waals surface area contributed by atoms with E-state index in [0.717, 1.165) is 51.4 Å². The molecule has 0 aliphatic carbocycles. The van der Waals surface area contributed by atoms with Gasteiger partial charge < -0.3 is 10.2 Å². The fourth-order valence-corrected chi connectivity index (χ4v) is 3.73. The van der Waals surface area contributed by atoms with Crippen LogP contribution in [0, 0.1) is 0 Å². The molecule has 3 rings (SSSR count). The zero-order valence-corrected chi connectivity index (χ0v) is 14.0.